The Morgan fingerprint density at radius 2 is 1.43 bits per heavy atom. The molecule has 3 aromatic rings. The molecule has 0 saturated heterocycles. The third kappa shape index (κ3) is 4.88. The summed E-state index contributed by atoms with van der Waals surface area (Å²) in [6, 6.07) is 20.6. The summed E-state index contributed by atoms with van der Waals surface area (Å²) in [7, 11) is -3.57. The quantitative estimate of drug-likeness (QED) is 0.301. The van der Waals surface area contributed by atoms with E-state index in [9.17, 15) is 18.5 Å². The first-order chi connectivity index (χ1) is 13.3. The molecular weight excluding hydrogens is 402 g/mol. The lowest BCUT2D eigenvalue weighted by atomic mass is 10.2. The summed E-state index contributed by atoms with van der Waals surface area (Å²) in [5.74, 6) is 0.602. The Balaban J connectivity index is 1.69. The van der Waals surface area contributed by atoms with E-state index in [0.29, 0.717) is 11.5 Å². The highest BCUT2D eigenvalue weighted by Gasteiger charge is 2.21. The van der Waals surface area contributed by atoms with Crippen molar-refractivity contribution in [3.05, 3.63) is 94.5 Å². The van der Waals surface area contributed by atoms with Gasteiger partial charge in [-0.3, -0.25) is 10.1 Å². The number of sulfone groups is 1. The van der Waals surface area contributed by atoms with Crippen molar-refractivity contribution in [3.8, 4) is 11.5 Å². The van der Waals surface area contributed by atoms with Crippen molar-refractivity contribution >= 4 is 27.1 Å². The molecule has 0 aliphatic heterocycles. The second-order valence-electron chi connectivity index (χ2n) is 5.98. The molecule has 0 saturated carbocycles. The van der Waals surface area contributed by atoms with Gasteiger partial charge in [0.15, 0.2) is 9.84 Å². The number of hydrogen-bond donors (Lipinski definition) is 0. The van der Waals surface area contributed by atoms with Gasteiger partial charge < -0.3 is 4.74 Å². The number of benzene rings is 3. The smallest absolute Gasteiger partial charge is 0.269 e. The molecule has 28 heavy (non-hydrogen) atoms. The first kappa shape index (κ1) is 19.9. The number of ether oxygens (including phenoxy) is 1. The first-order valence-corrected chi connectivity index (χ1v) is 10.4. The molecule has 0 spiro atoms. The zero-order valence-corrected chi connectivity index (χ0v) is 16.1. The Morgan fingerprint density at radius 3 is 1.96 bits per heavy atom. The lowest BCUT2D eigenvalue weighted by Gasteiger charge is -2.11. The van der Waals surface area contributed by atoms with E-state index in [1.165, 1.54) is 48.5 Å². The summed E-state index contributed by atoms with van der Waals surface area (Å²) in [6.45, 7) is 0. The number of hydrogen-bond acceptors (Lipinski definition) is 5. The Hall–Kier alpha value is -2.90. The van der Waals surface area contributed by atoms with Crippen LogP contribution in [0.1, 0.15) is 10.9 Å². The van der Waals surface area contributed by atoms with Gasteiger partial charge >= 0.3 is 0 Å². The molecule has 0 fully saturated rings. The van der Waals surface area contributed by atoms with Gasteiger partial charge in [0.1, 0.15) is 11.5 Å². The number of nitrogens with zero attached hydrogens (tertiary/aromatic N) is 1. The third-order valence-corrected chi connectivity index (χ3v) is 6.34. The second-order valence-corrected chi connectivity index (χ2v) is 8.55. The predicted octanol–water partition coefficient (Wildman–Crippen LogP) is 5.14. The lowest BCUT2D eigenvalue weighted by Crippen LogP contribution is -2.11. The minimum Gasteiger partial charge on any atom is -0.457 e. The molecule has 0 aliphatic carbocycles. The predicted molar refractivity (Wildman–Crippen MR) is 107 cm³/mol. The van der Waals surface area contributed by atoms with Crippen LogP contribution in [0.2, 0.25) is 0 Å². The van der Waals surface area contributed by atoms with Gasteiger partial charge in [0, 0.05) is 12.1 Å². The molecule has 3 rings (SSSR count). The summed E-state index contributed by atoms with van der Waals surface area (Å²) in [6.07, 6.45) is 0. The molecule has 0 unspecified atom stereocenters. The fourth-order valence-corrected chi connectivity index (χ4v) is 4.50. The fraction of sp³-hybridized carbons (Fsp3) is 0.100. The van der Waals surface area contributed by atoms with Crippen molar-refractivity contribution in [2.45, 2.75) is 10.3 Å². The largest absolute Gasteiger partial charge is 0.457 e. The maximum Gasteiger partial charge on any atom is 0.269 e. The summed E-state index contributed by atoms with van der Waals surface area (Å²) in [5.41, 5.74) is 0.703. The zero-order chi connectivity index (χ0) is 20.1. The molecule has 3 aromatic carbocycles. The molecular formula is C20H16ClNO5S. The number of rotatable bonds is 7. The first-order valence-electron chi connectivity index (χ1n) is 8.29. The van der Waals surface area contributed by atoms with Crippen LogP contribution >= 0.6 is 11.6 Å². The highest BCUT2D eigenvalue weighted by molar-refractivity contribution is 7.91. The molecule has 0 bridgehead atoms. The molecule has 0 radical (unpaired) electrons. The van der Waals surface area contributed by atoms with E-state index in [2.05, 4.69) is 0 Å². The van der Waals surface area contributed by atoms with Crippen LogP contribution in [-0.4, -0.2) is 19.1 Å². The molecule has 144 valence electrons. The molecule has 0 amide bonds. The summed E-state index contributed by atoms with van der Waals surface area (Å²) in [5, 5.41) is 10.0. The average molecular weight is 418 g/mol. The molecule has 1 atom stereocenters. The second kappa shape index (κ2) is 8.41. The number of nitro groups is 1. The summed E-state index contributed by atoms with van der Waals surface area (Å²) < 4.78 is 30.8. The maximum absolute atomic E-state index is 12.6. The number of nitro benzene ring substituents is 1. The van der Waals surface area contributed by atoms with E-state index in [1.807, 2.05) is 18.2 Å². The normalized spacial score (nSPS) is 12.3. The standard InChI is InChI=1S/C20H16ClNO5S/c21-20(15-4-2-1-3-5-15)14-28(25,26)19-12-10-18(11-13-19)27-17-8-6-16(7-9-17)22(23)24/h1-13,20H,14H2/t20-/m1/s1. The van der Waals surface area contributed by atoms with Crippen LogP contribution < -0.4 is 4.74 Å². The molecule has 0 aliphatic rings. The van der Waals surface area contributed by atoms with Gasteiger partial charge in [-0.1, -0.05) is 30.3 Å². The SMILES string of the molecule is O=[N+]([O-])c1ccc(Oc2ccc(S(=O)(=O)C[C@@H](Cl)c3ccccc3)cc2)cc1. The summed E-state index contributed by atoms with van der Waals surface area (Å²) >= 11 is 6.26. The van der Waals surface area contributed by atoms with E-state index in [4.69, 9.17) is 16.3 Å². The van der Waals surface area contributed by atoms with Crippen LogP contribution in [0, 0.1) is 10.1 Å². The Bertz CT molecular complexity index is 1050. The average Bonchev–Trinajstić information content (AvgIpc) is 2.69. The van der Waals surface area contributed by atoms with Crippen LogP contribution in [0.25, 0.3) is 0 Å². The van der Waals surface area contributed by atoms with Gasteiger partial charge in [0.05, 0.1) is 20.9 Å². The lowest BCUT2D eigenvalue weighted by molar-refractivity contribution is -0.384. The van der Waals surface area contributed by atoms with Crippen molar-refractivity contribution < 1.29 is 18.1 Å². The summed E-state index contributed by atoms with van der Waals surface area (Å²) in [4.78, 5) is 10.3. The van der Waals surface area contributed by atoms with Crippen LogP contribution in [0.4, 0.5) is 5.69 Å². The Morgan fingerprint density at radius 1 is 0.893 bits per heavy atom. The number of halogens is 1. The van der Waals surface area contributed by atoms with Crippen LogP contribution in [-0.2, 0) is 9.84 Å². The van der Waals surface area contributed by atoms with Crippen molar-refractivity contribution in [2.75, 3.05) is 5.75 Å². The van der Waals surface area contributed by atoms with Crippen molar-refractivity contribution in [2.24, 2.45) is 0 Å². The third-order valence-electron chi connectivity index (χ3n) is 3.99. The van der Waals surface area contributed by atoms with Gasteiger partial charge in [0.25, 0.3) is 5.69 Å². The fourth-order valence-electron chi connectivity index (χ4n) is 2.53. The molecule has 8 heteroatoms. The topological polar surface area (TPSA) is 86.5 Å². The molecule has 0 aromatic heterocycles. The number of non-ortho nitro benzene ring substituents is 1. The maximum atomic E-state index is 12.6. The van der Waals surface area contributed by atoms with Crippen molar-refractivity contribution in [1.29, 1.82) is 0 Å². The molecule has 0 heterocycles. The van der Waals surface area contributed by atoms with E-state index >= 15 is 0 Å². The van der Waals surface area contributed by atoms with Crippen molar-refractivity contribution in [1.82, 2.24) is 0 Å². The number of alkyl halides is 1. The monoisotopic (exact) mass is 417 g/mol. The minimum absolute atomic E-state index is 0.0390. The van der Waals surface area contributed by atoms with Crippen LogP contribution in [0.5, 0.6) is 11.5 Å². The zero-order valence-electron chi connectivity index (χ0n) is 14.6. The molecule has 0 N–H and O–H groups in total. The Labute approximate surface area is 167 Å². The van der Waals surface area contributed by atoms with Crippen LogP contribution in [0.15, 0.2) is 83.8 Å². The Kier molecular flexibility index (Phi) is 5.96. The van der Waals surface area contributed by atoms with Crippen molar-refractivity contribution in [3.63, 3.8) is 0 Å². The van der Waals surface area contributed by atoms with E-state index in [-0.39, 0.29) is 16.3 Å². The minimum atomic E-state index is -3.57. The van der Waals surface area contributed by atoms with Gasteiger partial charge in [-0.05, 0) is 42.0 Å². The van der Waals surface area contributed by atoms with E-state index in [1.54, 1.807) is 12.1 Å². The van der Waals surface area contributed by atoms with Gasteiger partial charge in [-0.2, -0.15) is 0 Å². The highest BCUT2D eigenvalue weighted by atomic mass is 35.5. The van der Waals surface area contributed by atoms with E-state index in [0.717, 1.165) is 5.56 Å². The van der Waals surface area contributed by atoms with E-state index < -0.39 is 20.1 Å². The van der Waals surface area contributed by atoms with Crippen LogP contribution in [0.3, 0.4) is 0 Å². The van der Waals surface area contributed by atoms with Gasteiger partial charge in [-0.15, -0.1) is 11.6 Å². The molecule has 6 nitrogen and oxygen atoms in total. The highest BCUT2D eigenvalue weighted by Crippen LogP contribution is 2.28. The van der Waals surface area contributed by atoms with Gasteiger partial charge in [-0.25, -0.2) is 8.42 Å². The van der Waals surface area contributed by atoms with Gasteiger partial charge in [0.2, 0.25) is 0 Å².